The van der Waals surface area contributed by atoms with Gasteiger partial charge in [0.2, 0.25) is 0 Å². The monoisotopic (exact) mass is 464 g/mol. The van der Waals surface area contributed by atoms with Gasteiger partial charge in [-0.1, -0.05) is 12.0 Å². The predicted octanol–water partition coefficient (Wildman–Crippen LogP) is 1.95. The average molecular weight is 464 g/mol. The van der Waals surface area contributed by atoms with Crippen molar-refractivity contribution in [2.75, 3.05) is 13.6 Å². The molecule has 2 fully saturated rings. The maximum absolute atomic E-state index is 12.9. The maximum atomic E-state index is 12.9. The van der Waals surface area contributed by atoms with E-state index in [2.05, 4.69) is 21.8 Å². The third-order valence-electron chi connectivity index (χ3n) is 5.65. The lowest BCUT2D eigenvalue weighted by molar-refractivity contribution is -0.384. The van der Waals surface area contributed by atoms with Gasteiger partial charge in [0.05, 0.1) is 17.5 Å². The number of nitrogens with zero attached hydrogens (tertiary/aromatic N) is 5. The molecule has 34 heavy (non-hydrogen) atoms. The second-order valence-corrected chi connectivity index (χ2v) is 8.35. The molecule has 1 amide bonds. The topological polar surface area (TPSA) is 145 Å². The first-order valence-corrected chi connectivity index (χ1v) is 10.8. The molecular weight excluding hydrogens is 444 g/mol. The maximum Gasteiger partial charge on any atom is 0.415 e. The Morgan fingerprint density at radius 2 is 1.97 bits per heavy atom. The van der Waals surface area contributed by atoms with Gasteiger partial charge in [-0.05, 0) is 37.7 Å². The van der Waals surface area contributed by atoms with E-state index in [0.717, 1.165) is 31.7 Å². The minimum absolute atomic E-state index is 0.0213. The summed E-state index contributed by atoms with van der Waals surface area (Å²) in [6.07, 6.45) is 2.61. The van der Waals surface area contributed by atoms with E-state index in [1.165, 1.54) is 34.7 Å². The quantitative estimate of drug-likeness (QED) is 0.345. The van der Waals surface area contributed by atoms with Crippen LogP contribution in [0.1, 0.15) is 43.6 Å². The number of carbonyl (C=O) groups is 1. The Kier molecular flexibility index (Phi) is 5.16. The summed E-state index contributed by atoms with van der Waals surface area (Å²) in [7, 11) is 1.46. The summed E-state index contributed by atoms with van der Waals surface area (Å²) < 4.78 is 8.04. The molecule has 0 saturated heterocycles. The highest BCUT2D eigenvalue weighted by Crippen LogP contribution is 2.36. The van der Waals surface area contributed by atoms with Crippen LogP contribution in [0.4, 0.5) is 10.5 Å². The summed E-state index contributed by atoms with van der Waals surface area (Å²) in [4.78, 5) is 56.8. The van der Waals surface area contributed by atoms with Gasteiger partial charge in [0.15, 0.2) is 17.0 Å². The molecule has 2 aliphatic carbocycles. The second-order valence-electron chi connectivity index (χ2n) is 8.35. The largest absolute Gasteiger partial charge is 0.415 e. The molecule has 0 aliphatic heterocycles. The van der Waals surface area contributed by atoms with Crippen molar-refractivity contribution in [1.82, 2.24) is 24.0 Å². The fraction of sp³-hybridized carbons (Fsp3) is 0.364. The van der Waals surface area contributed by atoms with Gasteiger partial charge in [-0.25, -0.2) is 14.6 Å². The summed E-state index contributed by atoms with van der Waals surface area (Å²) in [5.74, 6) is 5.83. The van der Waals surface area contributed by atoms with Crippen molar-refractivity contribution in [3.05, 3.63) is 61.0 Å². The Balaban J connectivity index is 1.34. The molecule has 2 aromatic heterocycles. The molecule has 0 unspecified atom stereocenters. The fourth-order valence-electron chi connectivity index (χ4n) is 3.62. The number of carbonyl (C=O) groups excluding carboxylic acids is 1. The number of aromatic amines is 1. The number of nitro benzene ring substituents is 1. The first kappa shape index (κ1) is 21.4. The zero-order valence-corrected chi connectivity index (χ0v) is 18.2. The molecule has 1 aromatic carbocycles. The van der Waals surface area contributed by atoms with Gasteiger partial charge in [0, 0.05) is 25.2 Å². The lowest BCUT2D eigenvalue weighted by Crippen LogP contribution is -2.39. The zero-order chi connectivity index (χ0) is 24.0. The van der Waals surface area contributed by atoms with Crippen molar-refractivity contribution in [2.45, 2.75) is 37.8 Å². The minimum Gasteiger partial charge on any atom is -0.410 e. The summed E-state index contributed by atoms with van der Waals surface area (Å²) >= 11 is 0. The Morgan fingerprint density at radius 3 is 2.65 bits per heavy atom. The third-order valence-corrected chi connectivity index (χ3v) is 5.65. The number of rotatable bonds is 5. The molecule has 2 aliphatic rings. The fourth-order valence-corrected chi connectivity index (χ4v) is 3.62. The molecule has 2 saturated carbocycles. The average Bonchev–Trinajstić information content (AvgIpc) is 3.73. The van der Waals surface area contributed by atoms with E-state index in [1.54, 1.807) is 4.57 Å². The molecular formula is C22H20N6O6. The number of hydrogen-bond donors (Lipinski definition) is 1. The van der Waals surface area contributed by atoms with Crippen molar-refractivity contribution in [3.8, 4) is 17.6 Å². The Labute approximate surface area is 191 Å². The summed E-state index contributed by atoms with van der Waals surface area (Å²) in [6, 6.07) is 5.28. The Bertz CT molecular complexity index is 1500. The normalized spacial score (nSPS) is 15.0. The predicted molar refractivity (Wildman–Crippen MR) is 120 cm³/mol. The van der Waals surface area contributed by atoms with Crippen LogP contribution in [0.15, 0.2) is 33.9 Å². The van der Waals surface area contributed by atoms with Gasteiger partial charge >= 0.3 is 11.8 Å². The summed E-state index contributed by atoms with van der Waals surface area (Å²) in [5.41, 5.74) is -0.351. The Hall–Kier alpha value is -4.40. The number of H-pyrrole nitrogens is 1. The highest BCUT2D eigenvalue weighted by molar-refractivity contribution is 5.72. The van der Waals surface area contributed by atoms with Crippen molar-refractivity contribution < 1.29 is 14.5 Å². The highest BCUT2D eigenvalue weighted by atomic mass is 16.6. The molecule has 0 spiro atoms. The van der Waals surface area contributed by atoms with Crippen LogP contribution in [0.25, 0.3) is 11.2 Å². The number of nitro groups is 1. The van der Waals surface area contributed by atoms with Crippen LogP contribution in [0.2, 0.25) is 0 Å². The molecule has 5 rings (SSSR count). The van der Waals surface area contributed by atoms with Crippen molar-refractivity contribution in [3.63, 3.8) is 0 Å². The van der Waals surface area contributed by atoms with Crippen LogP contribution in [0.5, 0.6) is 5.75 Å². The van der Waals surface area contributed by atoms with Crippen LogP contribution in [0.3, 0.4) is 0 Å². The van der Waals surface area contributed by atoms with E-state index < -0.39 is 16.6 Å². The first-order chi connectivity index (χ1) is 16.3. The second kappa shape index (κ2) is 8.18. The highest BCUT2D eigenvalue weighted by Gasteiger charge is 2.34. The Morgan fingerprint density at radius 1 is 1.26 bits per heavy atom. The van der Waals surface area contributed by atoms with Crippen molar-refractivity contribution in [2.24, 2.45) is 0 Å². The molecule has 2 heterocycles. The molecule has 0 radical (unpaired) electrons. The van der Waals surface area contributed by atoms with E-state index >= 15 is 0 Å². The molecule has 12 heteroatoms. The van der Waals surface area contributed by atoms with Gasteiger partial charge in [-0.2, -0.15) is 0 Å². The van der Waals surface area contributed by atoms with Gasteiger partial charge in [0.25, 0.3) is 11.2 Å². The van der Waals surface area contributed by atoms with Crippen molar-refractivity contribution in [1.29, 1.82) is 0 Å². The number of amides is 1. The smallest absolute Gasteiger partial charge is 0.410 e. The third kappa shape index (κ3) is 4.03. The number of ether oxygens (including phenoxy) is 1. The van der Waals surface area contributed by atoms with E-state index in [1.807, 2.05) is 0 Å². The standard InChI is InChI=1S/C22H20N6O6/c1-25(22(31)34-16-5-2-4-15(12-16)28(32)33)11-3-6-17-23-18-19(24-17)26(13-7-8-13)21(30)27(20(18)29)14-9-10-14/h2,4-5,12-14H,7-11H2,1H3,(H,23,24). The van der Waals surface area contributed by atoms with Crippen molar-refractivity contribution >= 4 is 22.9 Å². The molecule has 12 nitrogen and oxygen atoms in total. The molecule has 0 atom stereocenters. The van der Waals surface area contributed by atoms with Crippen LogP contribution >= 0.6 is 0 Å². The number of fused-ring (bicyclic) bond motifs is 1. The van der Waals surface area contributed by atoms with Gasteiger partial charge < -0.3 is 9.72 Å². The molecule has 0 bridgehead atoms. The van der Waals surface area contributed by atoms with Gasteiger partial charge in [-0.3, -0.25) is 28.9 Å². The van der Waals surface area contributed by atoms with Crippen LogP contribution in [-0.2, 0) is 0 Å². The van der Waals surface area contributed by atoms with E-state index in [0.29, 0.717) is 5.65 Å². The number of hydrogen-bond acceptors (Lipinski definition) is 7. The minimum atomic E-state index is -0.741. The SMILES string of the molecule is CN(CC#Cc1nc2c([nH]1)c(=O)n(C1CC1)c(=O)n2C1CC1)C(=O)Oc1cccc([N+](=O)[O-])c1. The van der Waals surface area contributed by atoms with Gasteiger partial charge in [-0.15, -0.1) is 0 Å². The van der Waals surface area contributed by atoms with Crippen LogP contribution in [-0.4, -0.2) is 48.6 Å². The lowest BCUT2D eigenvalue weighted by Gasteiger charge is -2.13. The number of nitrogens with one attached hydrogen (secondary N) is 1. The van der Waals surface area contributed by atoms with E-state index in [-0.39, 0.29) is 47.1 Å². The lowest BCUT2D eigenvalue weighted by atomic mass is 10.3. The molecule has 174 valence electrons. The van der Waals surface area contributed by atoms with Crippen LogP contribution in [0, 0.1) is 22.0 Å². The summed E-state index contributed by atoms with van der Waals surface area (Å²) in [5, 5.41) is 10.9. The number of benzene rings is 1. The molecule has 1 N–H and O–H groups in total. The number of aromatic nitrogens is 4. The number of imidazole rings is 1. The number of non-ortho nitro benzene ring substituents is 1. The van der Waals surface area contributed by atoms with Crippen LogP contribution < -0.4 is 16.0 Å². The summed E-state index contributed by atoms with van der Waals surface area (Å²) in [6.45, 7) is -0.0213. The zero-order valence-electron chi connectivity index (χ0n) is 18.2. The van der Waals surface area contributed by atoms with E-state index in [4.69, 9.17) is 4.74 Å². The van der Waals surface area contributed by atoms with E-state index in [9.17, 15) is 24.5 Å². The van der Waals surface area contributed by atoms with Gasteiger partial charge in [0.1, 0.15) is 5.75 Å². The molecule has 3 aromatic rings. The first-order valence-electron chi connectivity index (χ1n) is 10.8.